The number of carbonyl (C=O) groups excluding carboxylic acids is 4. The van der Waals surface area contributed by atoms with Crippen LogP contribution in [0.15, 0.2) is 48.5 Å². The molecule has 0 aliphatic heterocycles. The van der Waals surface area contributed by atoms with E-state index in [0.29, 0.717) is 22.3 Å². The lowest BCUT2D eigenvalue weighted by Gasteiger charge is -2.19. The molecule has 0 atom stereocenters. The highest BCUT2D eigenvalue weighted by molar-refractivity contribution is 6.03. The van der Waals surface area contributed by atoms with Gasteiger partial charge in [-0.15, -0.1) is 0 Å². The number of ether oxygens (including phenoxy) is 2. The van der Waals surface area contributed by atoms with E-state index in [2.05, 4.69) is 0 Å². The third-order valence-electron chi connectivity index (χ3n) is 4.26. The topological polar surface area (TPSA) is 86.7 Å². The van der Waals surface area contributed by atoms with E-state index in [4.69, 9.17) is 9.47 Å². The van der Waals surface area contributed by atoms with Crippen LogP contribution in [0.25, 0.3) is 0 Å². The fraction of sp³-hybridized carbons (Fsp3) is 0.385. The molecule has 0 bridgehead atoms. The maximum absolute atomic E-state index is 12.4. The van der Waals surface area contributed by atoms with E-state index in [1.165, 1.54) is 0 Å². The summed E-state index contributed by atoms with van der Waals surface area (Å²) < 4.78 is 10.6. The van der Waals surface area contributed by atoms with Gasteiger partial charge in [0.2, 0.25) is 0 Å². The van der Waals surface area contributed by atoms with Crippen molar-refractivity contribution in [2.75, 3.05) is 0 Å². The van der Waals surface area contributed by atoms with E-state index in [9.17, 15) is 19.2 Å². The van der Waals surface area contributed by atoms with Crippen molar-refractivity contribution in [2.45, 2.75) is 65.6 Å². The summed E-state index contributed by atoms with van der Waals surface area (Å²) >= 11 is 0. The van der Waals surface area contributed by atoms with Gasteiger partial charge in [-0.2, -0.15) is 0 Å². The molecule has 0 unspecified atom stereocenters. The van der Waals surface area contributed by atoms with Crippen LogP contribution < -0.4 is 0 Å². The summed E-state index contributed by atoms with van der Waals surface area (Å²) in [7, 11) is 0. The minimum absolute atomic E-state index is 0.0401. The molecule has 32 heavy (non-hydrogen) atoms. The van der Waals surface area contributed by atoms with E-state index in [1.807, 2.05) is 0 Å². The van der Waals surface area contributed by atoms with Crippen molar-refractivity contribution in [3.8, 4) is 0 Å². The molecule has 0 N–H and O–H groups in total. The minimum Gasteiger partial charge on any atom is -0.456 e. The molecule has 0 aliphatic rings. The largest absolute Gasteiger partial charge is 0.456 e. The predicted octanol–water partition coefficient (Wildman–Crippen LogP) is 5.44. The molecule has 0 heterocycles. The highest BCUT2D eigenvalue weighted by Crippen LogP contribution is 2.16. The van der Waals surface area contributed by atoms with Crippen molar-refractivity contribution >= 4 is 23.5 Å². The van der Waals surface area contributed by atoms with E-state index >= 15 is 0 Å². The molecule has 0 radical (unpaired) electrons. The van der Waals surface area contributed by atoms with Crippen molar-refractivity contribution in [3.05, 3.63) is 70.8 Å². The van der Waals surface area contributed by atoms with Crippen molar-refractivity contribution in [1.82, 2.24) is 0 Å². The molecule has 0 fully saturated rings. The molecule has 0 amide bonds. The number of hydrogen-bond acceptors (Lipinski definition) is 6. The van der Waals surface area contributed by atoms with Gasteiger partial charge in [0.25, 0.3) is 0 Å². The van der Waals surface area contributed by atoms with Crippen LogP contribution >= 0.6 is 0 Å². The number of esters is 2. The lowest BCUT2D eigenvalue weighted by atomic mass is 10.00. The molecule has 0 aliphatic carbocycles. The quantitative estimate of drug-likeness (QED) is 0.422. The number of Topliss-reactive ketones (excluding diaryl/α,β-unsaturated/α-hetero) is 2. The third-order valence-corrected chi connectivity index (χ3v) is 4.26. The molecule has 0 saturated carbocycles. The highest BCUT2D eigenvalue weighted by atomic mass is 16.6. The smallest absolute Gasteiger partial charge is 0.338 e. The normalized spacial score (nSPS) is 11.6. The predicted molar refractivity (Wildman–Crippen MR) is 121 cm³/mol. The van der Waals surface area contributed by atoms with E-state index in [0.717, 1.165) is 0 Å². The summed E-state index contributed by atoms with van der Waals surface area (Å²) in [6.07, 6.45) is 0.0802. The van der Waals surface area contributed by atoms with Gasteiger partial charge in [-0.1, -0.05) is 24.3 Å². The van der Waals surface area contributed by atoms with Gasteiger partial charge in [-0.25, -0.2) is 9.59 Å². The van der Waals surface area contributed by atoms with Crippen LogP contribution in [-0.2, 0) is 9.47 Å². The van der Waals surface area contributed by atoms with Crippen LogP contribution in [0.4, 0.5) is 0 Å². The molecular formula is C26H30O6. The molecule has 6 heteroatoms. The fourth-order valence-corrected chi connectivity index (χ4v) is 2.77. The van der Waals surface area contributed by atoms with Gasteiger partial charge in [-0.05, 0) is 65.8 Å². The van der Waals surface area contributed by atoms with Crippen molar-refractivity contribution in [3.63, 3.8) is 0 Å². The molecule has 0 aromatic heterocycles. The van der Waals surface area contributed by atoms with Crippen LogP contribution in [0.3, 0.4) is 0 Å². The monoisotopic (exact) mass is 438 g/mol. The van der Waals surface area contributed by atoms with Crippen LogP contribution in [0.2, 0.25) is 0 Å². The summed E-state index contributed by atoms with van der Waals surface area (Å²) in [6.45, 7) is 10.7. The van der Waals surface area contributed by atoms with Gasteiger partial charge >= 0.3 is 11.9 Å². The average molecular weight is 439 g/mol. The second-order valence-electron chi connectivity index (χ2n) is 9.50. The Morgan fingerprint density at radius 3 is 1.03 bits per heavy atom. The Morgan fingerprint density at radius 2 is 0.781 bits per heavy atom. The third kappa shape index (κ3) is 7.76. The summed E-state index contributed by atoms with van der Waals surface area (Å²) in [5.41, 5.74) is 0.361. The fourth-order valence-electron chi connectivity index (χ4n) is 2.77. The zero-order valence-electron chi connectivity index (χ0n) is 19.5. The van der Waals surface area contributed by atoms with Crippen LogP contribution in [0.5, 0.6) is 0 Å². The van der Waals surface area contributed by atoms with Crippen LogP contribution in [-0.4, -0.2) is 34.7 Å². The van der Waals surface area contributed by atoms with E-state index in [1.54, 1.807) is 90.1 Å². The van der Waals surface area contributed by atoms with Crippen molar-refractivity contribution in [2.24, 2.45) is 0 Å². The summed E-state index contributed by atoms with van der Waals surface area (Å²) in [5.74, 6) is -1.30. The van der Waals surface area contributed by atoms with Crippen molar-refractivity contribution < 1.29 is 28.7 Å². The Morgan fingerprint density at radius 1 is 0.531 bits per heavy atom. The second-order valence-corrected chi connectivity index (χ2v) is 9.50. The maximum Gasteiger partial charge on any atom is 0.338 e. The zero-order chi connectivity index (χ0) is 24.1. The molecule has 2 aromatic rings. The molecule has 0 spiro atoms. The van der Waals surface area contributed by atoms with Gasteiger partial charge in [-0.3, -0.25) is 9.59 Å². The highest BCUT2D eigenvalue weighted by Gasteiger charge is 2.20. The molecular weight excluding hydrogens is 408 g/mol. The summed E-state index contributed by atoms with van der Waals surface area (Å²) in [5, 5.41) is 0. The van der Waals surface area contributed by atoms with Gasteiger partial charge in [0, 0.05) is 24.0 Å². The van der Waals surface area contributed by atoms with Gasteiger partial charge in [0.05, 0.1) is 11.1 Å². The Bertz CT molecular complexity index is 903. The summed E-state index contributed by atoms with van der Waals surface area (Å²) in [4.78, 5) is 49.0. The number of benzene rings is 2. The molecule has 0 saturated heterocycles. The number of hydrogen-bond donors (Lipinski definition) is 0. The lowest BCUT2D eigenvalue weighted by Crippen LogP contribution is -2.23. The molecule has 2 aromatic carbocycles. The van der Waals surface area contributed by atoms with Crippen molar-refractivity contribution in [1.29, 1.82) is 0 Å². The summed E-state index contributed by atoms with van der Waals surface area (Å²) in [6, 6.07) is 12.4. The first-order valence-electron chi connectivity index (χ1n) is 10.5. The first-order chi connectivity index (χ1) is 14.7. The molecule has 2 rings (SSSR count). The van der Waals surface area contributed by atoms with Crippen LogP contribution in [0, 0.1) is 0 Å². The average Bonchev–Trinajstić information content (AvgIpc) is 2.69. The van der Waals surface area contributed by atoms with E-state index in [-0.39, 0.29) is 24.4 Å². The number of ketones is 2. The lowest BCUT2D eigenvalue weighted by molar-refractivity contribution is 0.00570. The number of carbonyl (C=O) groups is 4. The zero-order valence-corrected chi connectivity index (χ0v) is 19.5. The van der Waals surface area contributed by atoms with Gasteiger partial charge in [0.15, 0.2) is 11.6 Å². The maximum atomic E-state index is 12.4. The van der Waals surface area contributed by atoms with Gasteiger partial charge in [0.1, 0.15) is 11.2 Å². The second kappa shape index (κ2) is 9.90. The first-order valence-corrected chi connectivity index (χ1v) is 10.5. The number of rotatable bonds is 7. The van der Waals surface area contributed by atoms with E-state index < -0.39 is 23.1 Å². The van der Waals surface area contributed by atoms with Gasteiger partial charge < -0.3 is 9.47 Å². The first kappa shape index (κ1) is 25.0. The van der Waals surface area contributed by atoms with Crippen LogP contribution in [0.1, 0.15) is 95.8 Å². The molecule has 6 nitrogen and oxygen atoms in total. The Balaban J connectivity index is 1.93. The molecule has 170 valence electrons. The SMILES string of the molecule is CC(C)(C)OC(=O)c1ccc(C(=O)CCC(=O)c2ccc(C(=O)OC(C)(C)C)cc2)cc1. The Hall–Kier alpha value is -3.28. The Kier molecular flexibility index (Phi) is 7.73. The Labute approximate surface area is 188 Å². The minimum atomic E-state index is -0.600. The standard InChI is InChI=1S/C26H30O6/c1-25(2,3)31-23(29)19-11-7-17(8-12-19)21(27)15-16-22(28)18-9-13-20(14-10-18)24(30)32-26(4,5)6/h7-14H,15-16H2,1-6H3.